The van der Waals surface area contributed by atoms with Gasteiger partial charge >= 0.3 is 12.1 Å². The number of nitrogens with one attached hydrogen (secondary N) is 4. The van der Waals surface area contributed by atoms with Crippen LogP contribution in [-0.2, 0) is 22.6 Å². The van der Waals surface area contributed by atoms with Crippen molar-refractivity contribution in [1.29, 1.82) is 0 Å². The normalized spacial score (nSPS) is 17.4. The van der Waals surface area contributed by atoms with Gasteiger partial charge in [-0.25, -0.2) is 9.59 Å². The van der Waals surface area contributed by atoms with E-state index in [2.05, 4.69) is 36.0 Å². The Hall–Kier alpha value is -5.70. The van der Waals surface area contributed by atoms with Crippen LogP contribution in [0, 0.1) is 6.92 Å². The van der Waals surface area contributed by atoms with Gasteiger partial charge in [0.25, 0.3) is 0 Å². The molecule has 3 aliphatic heterocycles. The minimum Gasteiger partial charge on any atom is -0.368 e. The Bertz CT molecular complexity index is 1970. The van der Waals surface area contributed by atoms with Crippen LogP contribution in [0.15, 0.2) is 67.1 Å². The fourth-order valence-electron chi connectivity index (χ4n) is 8.00. The summed E-state index contributed by atoms with van der Waals surface area (Å²) in [7, 11) is 0. The first-order valence-electron chi connectivity index (χ1n) is 19.3. The van der Waals surface area contributed by atoms with Gasteiger partial charge in [0.05, 0.1) is 11.7 Å². The van der Waals surface area contributed by atoms with Crippen molar-refractivity contribution >= 4 is 46.2 Å². The number of carbonyl (C=O) groups excluding carboxylic acids is 4. The number of unbranched alkanes of at least 4 members (excludes halogenated alkanes) is 1. The molecule has 4 aromatic rings. The number of hydrogen-bond donors (Lipinski definition) is 5. The third-order valence-corrected chi connectivity index (χ3v) is 11.1. The molecule has 0 unspecified atom stereocenters. The average Bonchev–Trinajstić information content (AvgIpc) is 3.70. The number of aryl methyl sites for hydroxylation is 1. The number of carbonyl (C=O) groups is 4. The van der Waals surface area contributed by atoms with Gasteiger partial charge in [-0.2, -0.15) is 5.10 Å². The molecule has 0 saturated carbocycles. The van der Waals surface area contributed by atoms with E-state index < -0.39 is 18.0 Å². The van der Waals surface area contributed by atoms with Crippen LogP contribution in [0.4, 0.5) is 21.0 Å². The number of pyridine rings is 1. The van der Waals surface area contributed by atoms with Crippen molar-refractivity contribution in [3.8, 4) is 0 Å². The number of piperidine rings is 1. The molecule has 290 valence electrons. The minimum absolute atomic E-state index is 0.0203. The molecule has 55 heavy (non-hydrogen) atoms. The van der Waals surface area contributed by atoms with Gasteiger partial charge in [-0.3, -0.25) is 19.7 Å². The molecule has 0 spiro atoms. The van der Waals surface area contributed by atoms with Crippen LogP contribution >= 0.6 is 0 Å². The van der Waals surface area contributed by atoms with Crippen molar-refractivity contribution in [2.75, 3.05) is 56.0 Å². The van der Waals surface area contributed by atoms with Crippen molar-refractivity contribution < 1.29 is 19.2 Å². The average molecular weight is 750 g/mol. The number of likely N-dealkylation sites (tertiary alicyclic amines) is 1. The molecule has 0 bridgehead atoms. The van der Waals surface area contributed by atoms with E-state index in [0.29, 0.717) is 78.0 Å². The summed E-state index contributed by atoms with van der Waals surface area (Å²) in [6.45, 7) is 6.23. The van der Waals surface area contributed by atoms with Crippen molar-refractivity contribution in [1.82, 2.24) is 40.5 Å². The van der Waals surface area contributed by atoms with E-state index in [-0.39, 0.29) is 30.4 Å². The number of piperazine rings is 1. The zero-order valence-electron chi connectivity index (χ0n) is 31.4. The third kappa shape index (κ3) is 8.83. The Morgan fingerprint density at radius 3 is 2.45 bits per heavy atom. The molecular formula is C40H51N11O4. The molecule has 7 rings (SSSR count). The lowest BCUT2D eigenvalue weighted by Gasteiger charge is -2.40. The van der Waals surface area contributed by atoms with Crippen LogP contribution in [0.3, 0.4) is 0 Å². The van der Waals surface area contributed by atoms with Crippen molar-refractivity contribution in [2.45, 2.75) is 70.1 Å². The summed E-state index contributed by atoms with van der Waals surface area (Å²) in [6.07, 6.45) is 8.55. The summed E-state index contributed by atoms with van der Waals surface area (Å²) in [5.74, 6) is -0.551. The Kier molecular flexibility index (Phi) is 11.8. The van der Waals surface area contributed by atoms with Crippen LogP contribution in [0.5, 0.6) is 0 Å². The standard InChI is InChI=1S/C40H51N11O4/c1-27-22-28(23-30-25-43-47-36(27)30)24-35(46-39(54)50-16-11-32(12-17-50)51-26-29-6-2-3-7-33(29)45-40(51)55)37(52)44-34(8-4-5-13-41)38(53)49-20-18-48(19-21-49)31-9-14-42-15-10-31/h2-3,6-7,9-10,14-15,22-23,25,32,34-35H,4-5,8,11-13,16-21,24,26,41H2,1H3,(H,43,47)(H,44,52)(H,45,55)(H,46,54)/t34-,35+/m0/s1. The van der Waals surface area contributed by atoms with Gasteiger partial charge in [-0.1, -0.05) is 24.3 Å². The molecule has 3 aliphatic rings. The number of fused-ring (bicyclic) bond motifs is 2. The monoisotopic (exact) mass is 749 g/mol. The summed E-state index contributed by atoms with van der Waals surface area (Å²) in [4.78, 5) is 67.0. The van der Waals surface area contributed by atoms with Crippen LogP contribution in [0.2, 0.25) is 0 Å². The first kappa shape index (κ1) is 37.6. The summed E-state index contributed by atoms with van der Waals surface area (Å²) < 4.78 is 0. The van der Waals surface area contributed by atoms with Gasteiger partial charge in [0.2, 0.25) is 11.8 Å². The Labute approximate surface area is 321 Å². The third-order valence-electron chi connectivity index (χ3n) is 11.1. The highest BCUT2D eigenvalue weighted by atomic mass is 16.2. The van der Waals surface area contributed by atoms with Gasteiger partial charge in [0.15, 0.2) is 0 Å². The number of amides is 6. The van der Waals surface area contributed by atoms with E-state index >= 15 is 0 Å². The molecule has 15 heteroatoms. The number of nitrogens with zero attached hydrogens (tertiary/aromatic N) is 6. The van der Waals surface area contributed by atoms with Crippen molar-refractivity contribution in [3.05, 3.63) is 83.8 Å². The van der Waals surface area contributed by atoms with Gasteiger partial charge in [-0.05, 0) is 86.5 Å². The lowest BCUT2D eigenvalue weighted by Crippen LogP contribution is -2.59. The molecule has 2 saturated heterocycles. The highest BCUT2D eigenvalue weighted by Gasteiger charge is 2.35. The van der Waals surface area contributed by atoms with Gasteiger partial charge in [0, 0.05) is 87.4 Å². The second-order valence-corrected chi connectivity index (χ2v) is 14.7. The lowest BCUT2D eigenvalue weighted by atomic mass is 9.99. The van der Waals surface area contributed by atoms with Crippen LogP contribution < -0.4 is 26.6 Å². The number of anilines is 2. The molecule has 5 heterocycles. The highest BCUT2D eigenvalue weighted by Crippen LogP contribution is 2.28. The minimum atomic E-state index is -0.952. The SMILES string of the molecule is Cc1cc(C[C@@H](NC(=O)N2CCC(N3Cc4ccccc4NC3=O)CC2)C(=O)N[C@@H](CCCCN)C(=O)N2CCN(c3ccncc3)CC2)cc2cn[nH]c12. The molecule has 6 amide bonds. The molecule has 0 aliphatic carbocycles. The predicted octanol–water partition coefficient (Wildman–Crippen LogP) is 3.36. The second-order valence-electron chi connectivity index (χ2n) is 14.7. The molecule has 2 aromatic carbocycles. The number of nitrogens with two attached hydrogens (primary N) is 1. The topological polar surface area (TPSA) is 185 Å². The zero-order chi connectivity index (χ0) is 38.3. The van der Waals surface area contributed by atoms with E-state index in [9.17, 15) is 19.2 Å². The number of hydrogen-bond acceptors (Lipinski definition) is 8. The summed E-state index contributed by atoms with van der Waals surface area (Å²) in [6, 6.07) is 13.5. The molecule has 2 atom stereocenters. The number of urea groups is 2. The largest absolute Gasteiger partial charge is 0.368 e. The summed E-state index contributed by atoms with van der Waals surface area (Å²) in [5.41, 5.74) is 11.5. The quantitative estimate of drug-likeness (QED) is 0.137. The number of aromatic amines is 1. The molecule has 2 fully saturated rings. The molecule has 6 N–H and O–H groups in total. The van der Waals surface area contributed by atoms with E-state index in [4.69, 9.17) is 5.73 Å². The van der Waals surface area contributed by atoms with E-state index in [1.807, 2.05) is 65.3 Å². The number of benzene rings is 2. The van der Waals surface area contributed by atoms with Crippen LogP contribution in [-0.4, -0.2) is 118 Å². The Morgan fingerprint density at radius 1 is 0.927 bits per heavy atom. The first-order valence-corrected chi connectivity index (χ1v) is 19.3. The summed E-state index contributed by atoms with van der Waals surface area (Å²) in [5, 5.41) is 17.2. The molecular weight excluding hydrogens is 699 g/mol. The van der Waals surface area contributed by atoms with Crippen molar-refractivity contribution in [3.63, 3.8) is 0 Å². The molecule has 2 aromatic heterocycles. The molecule has 15 nitrogen and oxygen atoms in total. The van der Waals surface area contributed by atoms with Gasteiger partial charge in [0.1, 0.15) is 12.1 Å². The predicted molar refractivity (Wildman–Crippen MR) is 210 cm³/mol. The van der Waals surface area contributed by atoms with Crippen LogP contribution in [0.25, 0.3) is 10.9 Å². The first-order chi connectivity index (χ1) is 26.8. The maximum atomic E-state index is 14.3. The van der Waals surface area contributed by atoms with E-state index in [0.717, 1.165) is 45.4 Å². The van der Waals surface area contributed by atoms with Crippen molar-refractivity contribution in [2.24, 2.45) is 5.73 Å². The summed E-state index contributed by atoms with van der Waals surface area (Å²) >= 11 is 0. The fraction of sp³-hybridized carbons (Fsp3) is 0.450. The van der Waals surface area contributed by atoms with Gasteiger partial charge in [-0.15, -0.1) is 0 Å². The van der Waals surface area contributed by atoms with E-state index in [1.54, 1.807) is 23.5 Å². The Balaban J connectivity index is 1.03. The smallest absolute Gasteiger partial charge is 0.322 e. The maximum Gasteiger partial charge on any atom is 0.322 e. The lowest BCUT2D eigenvalue weighted by molar-refractivity contribution is -0.137. The van der Waals surface area contributed by atoms with Gasteiger partial charge < -0.3 is 41.3 Å². The maximum absolute atomic E-state index is 14.3. The van der Waals surface area contributed by atoms with E-state index in [1.165, 1.54) is 0 Å². The Morgan fingerprint density at radius 2 is 1.69 bits per heavy atom. The second kappa shape index (κ2) is 17.2. The number of H-pyrrole nitrogens is 1. The fourth-order valence-corrected chi connectivity index (χ4v) is 8.00. The van der Waals surface area contributed by atoms with Crippen LogP contribution in [0.1, 0.15) is 48.8 Å². The number of para-hydroxylation sites is 1. The number of aromatic nitrogens is 3. The number of rotatable bonds is 12. The zero-order valence-corrected chi connectivity index (χ0v) is 31.4. The highest BCUT2D eigenvalue weighted by molar-refractivity contribution is 5.93. The molecule has 0 radical (unpaired) electrons.